The summed E-state index contributed by atoms with van der Waals surface area (Å²) in [6.07, 6.45) is 2.31. The van der Waals surface area contributed by atoms with Crippen LogP contribution in [-0.4, -0.2) is 11.9 Å². The average molecular weight is 183 g/mol. The fourth-order valence-electron chi connectivity index (χ4n) is 1.18. The normalized spacial score (nSPS) is 14.8. The molecule has 1 N–H and O–H groups in total. The van der Waals surface area contributed by atoms with E-state index in [0.717, 1.165) is 12.8 Å². The molecule has 0 bridgehead atoms. The molecule has 0 aliphatic rings. The molecule has 0 fully saturated rings. The number of carbonyl (C=O) groups excluding carboxylic acids is 1. The van der Waals surface area contributed by atoms with E-state index in [-0.39, 0.29) is 11.9 Å². The molecule has 2 nitrogen and oxygen atoms in total. The van der Waals surface area contributed by atoms with E-state index in [1.54, 1.807) is 6.92 Å². The topological polar surface area (TPSA) is 29.1 Å². The Hall–Kier alpha value is -0.790. The summed E-state index contributed by atoms with van der Waals surface area (Å²) in [6, 6.07) is 0.240. The highest BCUT2D eigenvalue weighted by Gasteiger charge is 2.13. The van der Waals surface area contributed by atoms with Gasteiger partial charge in [0.05, 0.1) is 0 Å². The first-order valence-electron chi connectivity index (χ1n) is 4.95. The van der Waals surface area contributed by atoms with Gasteiger partial charge in [-0.2, -0.15) is 0 Å². The minimum Gasteiger partial charge on any atom is -0.350 e. The maximum absolute atomic E-state index is 11.3. The van der Waals surface area contributed by atoms with Gasteiger partial charge in [-0.3, -0.25) is 4.79 Å². The zero-order valence-electron chi connectivity index (χ0n) is 9.18. The molecule has 0 radical (unpaired) electrons. The molecule has 0 saturated carbocycles. The summed E-state index contributed by atoms with van der Waals surface area (Å²) in [7, 11) is 0. The lowest BCUT2D eigenvalue weighted by Gasteiger charge is -2.20. The first kappa shape index (κ1) is 12.2. The SMILES string of the molecule is C=C(C)C(=O)NC(C)C(C)CCC. The van der Waals surface area contributed by atoms with Crippen molar-refractivity contribution in [3.8, 4) is 0 Å². The number of nitrogens with one attached hydrogen (secondary N) is 1. The van der Waals surface area contributed by atoms with E-state index in [4.69, 9.17) is 0 Å². The molecule has 76 valence electrons. The Labute approximate surface area is 81.4 Å². The standard InChI is InChI=1S/C11H21NO/c1-6-7-9(4)10(5)12-11(13)8(2)3/h9-10H,2,6-7H2,1,3-5H3,(H,12,13). The molecule has 13 heavy (non-hydrogen) atoms. The van der Waals surface area contributed by atoms with Gasteiger partial charge < -0.3 is 5.32 Å². The number of hydrogen-bond donors (Lipinski definition) is 1. The molecule has 2 atom stereocenters. The van der Waals surface area contributed by atoms with Crippen molar-refractivity contribution in [1.29, 1.82) is 0 Å². The number of carbonyl (C=O) groups is 1. The van der Waals surface area contributed by atoms with Crippen LogP contribution in [0.25, 0.3) is 0 Å². The second kappa shape index (κ2) is 5.79. The molecular formula is C11H21NO. The van der Waals surface area contributed by atoms with E-state index in [2.05, 4.69) is 25.7 Å². The maximum atomic E-state index is 11.3. The number of hydrogen-bond acceptors (Lipinski definition) is 1. The highest BCUT2D eigenvalue weighted by Crippen LogP contribution is 2.10. The zero-order valence-corrected chi connectivity index (χ0v) is 9.18. The predicted octanol–water partition coefficient (Wildman–Crippen LogP) is 2.50. The summed E-state index contributed by atoms with van der Waals surface area (Å²) < 4.78 is 0. The van der Waals surface area contributed by atoms with Gasteiger partial charge in [-0.25, -0.2) is 0 Å². The summed E-state index contributed by atoms with van der Waals surface area (Å²) >= 11 is 0. The summed E-state index contributed by atoms with van der Waals surface area (Å²) in [6.45, 7) is 11.7. The second-order valence-corrected chi connectivity index (χ2v) is 3.81. The van der Waals surface area contributed by atoms with Gasteiger partial charge in [-0.1, -0.05) is 26.8 Å². The van der Waals surface area contributed by atoms with Crippen molar-refractivity contribution in [2.24, 2.45) is 5.92 Å². The zero-order chi connectivity index (χ0) is 10.4. The lowest BCUT2D eigenvalue weighted by Crippen LogP contribution is -2.37. The summed E-state index contributed by atoms with van der Waals surface area (Å²) in [5.74, 6) is 0.503. The Morgan fingerprint density at radius 2 is 2.00 bits per heavy atom. The van der Waals surface area contributed by atoms with Crippen LogP contribution in [0.3, 0.4) is 0 Å². The molecule has 0 heterocycles. The molecule has 0 saturated heterocycles. The Morgan fingerprint density at radius 3 is 2.38 bits per heavy atom. The van der Waals surface area contributed by atoms with Crippen LogP contribution in [0.5, 0.6) is 0 Å². The molecular weight excluding hydrogens is 162 g/mol. The fraction of sp³-hybridized carbons (Fsp3) is 0.727. The monoisotopic (exact) mass is 183 g/mol. The molecule has 2 heteroatoms. The molecule has 0 aliphatic heterocycles. The van der Waals surface area contributed by atoms with Gasteiger partial charge in [-0.15, -0.1) is 0 Å². The van der Waals surface area contributed by atoms with Crippen molar-refractivity contribution < 1.29 is 4.79 Å². The van der Waals surface area contributed by atoms with Crippen molar-refractivity contribution in [1.82, 2.24) is 5.32 Å². The molecule has 0 spiro atoms. The molecule has 0 aromatic heterocycles. The molecule has 0 aromatic rings. The van der Waals surface area contributed by atoms with Crippen molar-refractivity contribution in [2.75, 3.05) is 0 Å². The van der Waals surface area contributed by atoms with Gasteiger partial charge in [0.2, 0.25) is 5.91 Å². The third-order valence-corrected chi connectivity index (χ3v) is 2.34. The Balaban J connectivity index is 3.91. The third-order valence-electron chi connectivity index (χ3n) is 2.34. The Morgan fingerprint density at radius 1 is 1.46 bits per heavy atom. The number of rotatable bonds is 5. The maximum Gasteiger partial charge on any atom is 0.246 e. The molecule has 1 amide bonds. The number of amides is 1. The molecule has 0 rings (SSSR count). The van der Waals surface area contributed by atoms with Gasteiger partial charge in [0, 0.05) is 11.6 Å². The van der Waals surface area contributed by atoms with Crippen LogP contribution in [0.2, 0.25) is 0 Å². The van der Waals surface area contributed by atoms with E-state index in [9.17, 15) is 4.79 Å². The van der Waals surface area contributed by atoms with E-state index in [0.29, 0.717) is 11.5 Å². The van der Waals surface area contributed by atoms with Gasteiger partial charge in [0.25, 0.3) is 0 Å². The van der Waals surface area contributed by atoms with E-state index in [1.807, 2.05) is 6.92 Å². The van der Waals surface area contributed by atoms with Crippen LogP contribution >= 0.6 is 0 Å². The van der Waals surface area contributed by atoms with Crippen molar-refractivity contribution in [3.63, 3.8) is 0 Å². The highest BCUT2D eigenvalue weighted by atomic mass is 16.1. The van der Waals surface area contributed by atoms with Crippen LogP contribution < -0.4 is 5.32 Å². The lowest BCUT2D eigenvalue weighted by atomic mass is 9.98. The van der Waals surface area contributed by atoms with Crippen LogP contribution in [0, 0.1) is 5.92 Å². The van der Waals surface area contributed by atoms with Crippen molar-refractivity contribution in [2.45, 2.75) is 46.6 Å². The van der Waals surface area contributed by atoms with Gasteiger partial charge >= 0.3 is 0 Å². The Bertz CT molecular complexity index is 187. The van der Waals surface area contributed by atoms with Crippen LogP contribution in [0.4, 0.5) is 0 Å². The summed E-state index contributed by atoms with van der Waals surface area (Å²) in [5, 5.41) is 2.93. The van der Waals surface area contributed by atoms with E-state index in [1.165, 1.54) is 0 Å². The second-order valence-electron chi connectivity index (χ2n) is 3.81. The van der Waals surface area contributed by atoms with E-state index < -0.39 is 0 Å². The first-order chi connectivity index (χ1) is 5.99. The Kier molecular flexibility index (Phi) is 5.44. The third kappa shape index (κ3) is 4.71. The van der Waals surface area contributed by atoms with Gasteiger partial charge in [0.15, 0.2) is 0 Å². The molecule has 0 aromatic carbocycles. The average Bonchev–Trinajstić information content (AvgIpc) is 2.04. The smallest absolute Gasteiger partial charge is 0.246 e. The van der Waals surface area contributed by atoms with Crippen LogP contribution in [-0.2, 0) is 4.79 Å². The fourth-order valence-corrected chi connectivity index (χ4v) is 1.18. The molecule has 2 unspecified atom stereocenters. The molecule has 0 aliphatic carbocycles. The van der Waals surface area contributed by atoms with Crippen LogP contribution in [0.1, 0.15) is 40.5 Å². The van der Waals surface area contributed by atoms with Crippen molar-refractivity contribution in [3.05, 3.63) is 12.2 Å². The minimum absolute atomic E-state index is 0.0320. The van der Waals surface area contributed by atoms with E-state index >= 15 is 0 Å². The van der Waals surface area contributed by atoms with Crippen LogP contribution in [0.15, 0.2) is 12.2 Å². The summed E-state index contributed by atoms with van der Waals surface area (Å²) in [5.41, 5.74) is 0.579. The van der Waals surface area contributed by atoms with Gasteiger partial charge in [-0.05, 0) is 26.2 Å². The highest BCUT2D eigenvalue weighted by molar-refractivity contribution is 5.92. The summed E-state index contributed by atoms with van der Waals surface area (Å²) in [4.78, 5) is 11.3. The quantitative estimate of drug-likeness (QED) is 0.652. The minimum atomic E-state index is -0.0320. The lowest BCUT2D eigenvalue weighted by molar-refractivity contribution is -0.118. The van der Waals surface area contributed by atoms with Crippen molar-refractivity contribution >= 4 is 5.91 Å². The predicted molar refractivity (Wildman–Crippen MR) is 56.5 cm³/mol. The largest absolute Gasteiger partial charge is 0.350 e. The first-order valence-corrected chi connectivity index (χ1v) is 4.95. The van der Waals surface area contributed by atoms with Gasteiger partial charge in [0.1, 0.15) is 0 Å².